The summed E-state index contributed by atoms with van der Waals surface area (Å²) < 4.78 is 1.10. The first-order valence-corrected chi connectivity index (χ1v) is 5.14. The second-order valence-corrected chi connectivity index (χ2v) is 3.91. The fraction of sp³-hybridized carbons (Fsp3) is 0.182. The fourth-order valence-electron chi connectivity index (χ4n) is 1.34. The number of aryl methyl sites for hydroxylation is 1. The molecular formula is C11H10BrN. The zero-order valence-corrected chi connectivity index (χ0v) is 9.01. The van der Waals surface area contributed by atoms with Gasteiger partial charge in [0.25, 0.3) is 0 Å². The van der Waals surface area contributed by atoms with Gasteiger partial charge in [-0.2, -0.15) is 0 Å². The van der Waals surface area contributed by atoms with Crippen LogP contribution in [0.15, 0.2) is 34.8 Å². The first-order valence-electron chi connectivity index (χ1n) is 4.35. The number of rotatable bonds is 1. The van der Waals surface area contributed by atoms with Crippen LogP contribution in [0.1, 0.15) is 12.6 Å². The molecule has 13 heavy (non-hydrogen) atoms. The molecule has 0 aliphatic carbocycles. The van der Waals surface area contributed by atoms with Gasteiger partial charge in [0.2, 0.25) is 0 Å². The monoisotopic (exact) mass is 235 g/mol. The number of nitrogens with zero attached hydrogens (tertiary/aromatic N) is 1. The number of pyridine rings is 1. The van der Waals surface area contributed by atoms with E-state index in [1.54, 1.807) is 0 Å². The van der Waals surface area contributed by atoms with E-state index in [0.717, 1.165) is 22.1 Å². The molecule has 0 spiro atoms. The van der Waals surface area contributed by atoms with E-state index in [9.17, 15) is 0 Å². The Bertz CT molecular complexity index is 437. The molecule has 0 saturated carbocycles. The smallest absolute Gasteiger partial charge is 0.0706 e. The molecule has 0 radical (unpaired) electrons. The molecule has 1 aromatic carbocycles. The molecule has 0 N–H and O–H groups in total. The van der Waals surface area contributed by atoms with Crippen LogP contribution >= 0.6 is 15.9 Å². The summed E-state index contributed by atoms with van der Waals surface area (Å²) >= 11 is 3.44. The summed E-state index contributed by atoms with van der Waals surface area (Å²) in [6, 6.07) is 10.3. The van der Waals surface area contributed by atoms with E-state index < -0.39 is 0 Å². The minimum absolute atomic E-state index is 0.992. The second-order valence-electron chi connectivity index (χ2n) is 2.99. The highest BCUT2D eigenvalue weighted by atomic mass is 79.9. The average molecular weight is 236 g/mol. The minimum Gasteiger partial charge on any atom is -0.253 e. The Morgan fingerprint density at radius 3 is 2.85 bits per heavy atom. The molecule has 2 rings (SSSR count). The lowest BCUT2D eigenvalue weighted by molar-refractivity contribution is 1.06. The predicted molar refractivity (Wildman–Crippen MR) is 58.8 cm³/mol. The number of hydrogen-bond donors (Lipinski definition) is 0. The first-order chi connectivity index (χ1) is 6.29. The summed E-state index contributed by atoms with van der Waals surface area (Å²) in [5.74, 6) is 0. The van der Waals surface area contributed by atoms with Crippen molar-refractivity contribution in [3.63, 3.8) is 0 Å². The zero-order chi connectivity index (χ0) is 9.26. The number of halogens is 1. The summed E-state index contributed by atoms with van der Waals surface area (Å²) in [4.78, 5) is 4.51. The Hall–Kier alpha value is -0.890. The Labute approximate surface area is 85.9 Å². The Kier molecular flexibility index (Phi) is 2.32. The quantitative estimate of drug-likeness (QED) is 0.737. The van der Waals surface area contributed by atoms with Crippen molar-refractivity contribution < 1.29 is 0 Å². The molecule has 66 valence electrons. The highest BCUT2D eigenvalue weighted by Crippen LogP contribution is 2.18. The van der Waals surface area contributed by atoms with Gasteiger partial charge in [-0.1, -0.05) is 28.9 Å². The summed E-state index contributed by atoms with van der Waals surface area (Å²) in [5.41, 5.74) is 2.22. The summed E-state index contributed by atoms with van der Waals surface area (Å²) in [6.45, 7) is 2.12. The maximum atomic E-state index is 4.51. The van der Waals surface area contributed by atoms with E-state index in [-0.39, 0.29) is 0 Å². The van der Waals surface area contributed by atoms with E-state index >= 15 is 0 Å². The van der Waals surface area contributed by atoms with Crippen LogP contribution in [-0.4, -0.2) is 4.98 Å². The maximum absolute atomic E-state index is 4.51. The lowest BCUT2D eigenvalue weighted by atomic mass is 10.2. The van der Waals surface area contributed by atoms with Crippen molar-refractivity contribution in [1.29, 1.82) is 0 Å². The van der Waals surface area contributed by atoms with Crippen LogP contribution in [0.5, 0.6) is 0 Å². The molecule has 0 aliphatic rings. The Morgan fingerprint density at radius 2 is 2.08 bits per heavy atom. The van der Waals surface area contributed by atoms with Gasteiger partial charge in [0.05, 0.1) is 5.52 Å². The number of aromatic nitrogens is 1. The summed E-state index contributed by atoms with van der Waals surface area (Å²) in [6.07, 6.45) is 0.992. The van der Waals surface area contributed by atoms with E-state index in [0.29, 0.717) is 0 Å². The van der Waals surface area contributed by atoms with Crippen LogP contribution in [0, 0.1) is 0 Å². The lowest BCUT2D eigenvalue weighted by Crippen LogP contribution is -1.86. The van der Waals surface area contributed by atoms with Crippen molar-refractivity contribution in [2.75, 3.05) is 0 Å². The topological polar surface area (TPSA) is 12.9 Å². The molecule has 0 aliphatic heterocycles. The first kappa shape index (κ1) is 8.70. The van der Waals surface area contributed by atoms with Crippen LogP contribution < -0.4 is 0 Å². The largest absolute Gasteiger partial charge is 0.253 e. The van der Waals surface area contributed by atoms with Gasteiger partial charge in [-0.15, -0.1) is 0 Å². The molecule has 2 heteroatoms. The molecule has 1 heterocycles. The molecule has 0 atom stereocenters. The van der Waals surface area contributed by atoms with Gasteiger partial charge in [0.15, 0.2) is 0 Å². The fourth-order valence-corrected chi connectivity index (χ4v) is 1.71. The molecule has 0 fully saturated rings. The van der Waals surface area contributed by atoms with E-state index in [2.05, 4.69) is 46.0 Å². The zero-order valence-electron chi connectivity index (χ0n) is 7.42. The van der Waals surface area contributed by atoms with Crippen molar-refractivity contribution in [3.8, 4) is 0 Å². The molecule has 1 nitrogen and oxygen atoms in total. The maximum Gasteiger partial charge on any atom is 0.0706 e. The normalized spacial score (nSPS) is 10.6. The summed E-state index contributed by atoms with van der Waals surface area (Å²) in [5, 5.41) is 1.19. The molecule has 1 aromatic heterocycles. The van der Waals surface area contributed by atoms with Gasteiger partial charge < -0.3 is 0 Å². The third-order valence-electron chi connectivity index (χ3n) is 2.07. The van der Waals surface area contributed by atoms with Crippen molar-refractivity contribution in [2.45, 2.75) is 13.3 Å². The van der Waals surface area contributed by atoms with Crippen molar-refractivity contribution in [2.24, 2.45) is 0 Å². The second kappa shape index (κ2) is 3.46. The third kappa shape index (κ3) is 1.73. The number of fused-ring (bicyclic) bond motifs is 1. The molecule has 2 aromatic rings. The van der Waals surface area contributed by atoms with Crippen LogP contribution in [-0.2, 0) is 6.42 Å². The summed E-state index contributed by atoms with van der Waals surface area (Å²) in [7, 11) is 0. The van der Waals surface area contributed by atoms with Gasteiger partial charge >= 0.3 is 0 Å². The van der Waals surface area contributed by atoms with Gasteiger partial charge in [0.1, 0.15) is 0 Å². The lowest BCUT2D eigenvalue weighted by Gasteiger charge is -2.00. The van der Waals surface area contributed by atoms with Crippen LogP contribution in [0.2, 0.25) is 0 Å². The molecule has 0 bridgehead atoms. The van der Waals surface area contributed by atoms with Gasteiger partial charge in [-0.3, -0.25) is 4.98 Å². The van der Waals surface area contributed by atoms with Crippen LogP contribution in [0.4, 0.5) is 0 Å². The van der Waals surface area contributed by atoms with E-state index in [1.807, 2.05) is 12.1 Å². The average Bonchev–Trinajstić information content (AvgIpc) is 2.17. The van der Waals surface area contributed by atoms with Gasteiger partial charge in [-0.25, -0.2) is 0 Å². The van der Waals surface area contributed by atoms with E-state index in [4.69, 9.17) is 0 Å². The van der Waals surface area contributed by atoms with Crippen molar-refractivity contribution in [1.82, 2.24) is 4.98 Å². The highest BCUT2D eigenvalue weighted by molar-refractivity contribution is 9.10. The number of hydrogen-bond acceptors (Lipinski definition) is 1. The van der Waals surface area contributed by atoms with Crippen molar-refractivity contribution >= 4 is 26.8 Å². The standard InChI is InChI=1S/C11H10BrN/c1-2-10-5-3-8-7-9(12)4-6-11(8)13-10/h3-7H,2H2,1H3. The Balaban J connectivity index is 2.66. The molecule has 0 amide bonds. The minimum atomic E-state index is 0.992. The van der Waals surface area contributed by atoms with Crippen LogP contribution in [0.25, 0.3) is 10.9 Å². The van der Waals surface area contributed by atoms with Crippen molar-refractivity contribution in [3.05, 3.63) is 40.5 Å². The van der Waals surface area contributed by atoms with Gasteiger partial charge in [-0.05, 0) is 30.7 Å². The SMILES string of the molecule is CCc1ccc2cc(Br)ccc2n1. The van der Waals surface area contributed by atoms with Crippen LogP contribution in [0.3, 0.4) is 0 Å². The Morgan fingerprint density at radius 1 is 1.23 bits per heavy atom. The highest BCUT2D eigenvalue weighted by Gasteiger charge is 1.96. The molecule has 0 unspecified atom stereocenters. The van der Waals surface area contributed by atoms with E-state index in [1.165, 1.54) is 5.39 Å². The third-order valence-corrected chi connectivity index (χ3v) is 2.56. The number of benzene rings is 1. The van der Waals surface area contributed by atoms with Gasteiger partial charge in [0, 0.05) is 15.6 Å². The molecule has 0 saturated heterocycles. The predicted octanol–water partition coefficient (Wildman–Crippen LogP) is 3.56. The molecular weight excluding hydrogens is 226 g/mol.